The highest BCUT2D eigenvalue weighted by atomic mass is 35.5. The zero-order valence-corrected chi connectivity index (χ0v) is 8.88. The molecule has 2 N–H and O–H groups in total. The van der Waals surface area contributed by atoms with Crippen molar-refractivity contribution in [2.75, 3.05) is 6.54 Å². The van der Waals surface area contributed by atoms with Gasteiger partial charge in [-0.05, 0) is 31.0 Å². The van der Waals surface area contributed by atoms with Crippen LogP contribution in [0.25, 0.3) is 0 Å². The summed E-state index contributed by atoms with van der Waals surface area (Å²) in [6, 6.07) is 7.78. The van der Waals surface area contributed by atoms with E-state index in [1.807, 2.05) is 24.3 Å². The first-order valence-corrected chi connectivity index (χ1v) is 5.17. The number of hydrogen-bond donors (Lipinski definition) is 2. The standard InChI is InChI=1S/C11H14ClNO/c1-11(6-10(14)7-13-11)8-2-4-9(12)5-3-8/h2-5,10,13-14H,6-7H2,1H3. The van der Waals surface area contributed by atoms with Gasteiger partial charge in [-0.2, -0.15) is 0 Å². The molecule has 2 nitrogen and oxygen atoms in total. The molecule has 0 spiro atoms. The molecular weight excluding hydrogens is 198 g/mol. The van der Waals surface area contributed by atoms with Crippen molar-refractivity contribution in [2.45, 2.75) is 25.0 Å². The Labute approximate surface area is 88.9 Å². The van der Waals surface area contributed by atoms with Crippen LogP contribution in [0.2, 0.25) is 5.02 Å². The van der Waals surface area contributed by atoms with Gasteiger partial charge in [0.25, 0.3) is 0 Å². The fourth-order valence-corrected chi connectivity index (χ4v) is 2.12. The first kappa shape index (κ1) is 9.97. The molecule has 1 aliphatic heterocycles. The summed E-state index contributed by atoms with van der Waals surface area (Å²) in [6.07, 6.45) is 0.518. The molecule has 1 aliphatic rings. The van der Waals surface area contributed by atoms with Gasteiger partial charge in [-0.3, -0.25) is 0 Å². The van der Waals surface area contributed by atoms with Crippen LogP contribution in [0.15, 0.2) is 24.3 Å². The van der Waals surface area contributed by atoms with Gasteiger partial charge in [0.05, 0.1) is 6.10 Å². The first-order chi connectivity index (χ1) is 6.60. The SMILES string of the molecule is CC1(c2ccc(Cl)cc2)CC(O)CN1. The molecule has 0 radical (unpaired) electrons. The van der Waals surface area contributed by atoms with E-state index in [1.54, 1.807) is 0 Å². The maximum atomic E-state index is 9.49. The Morgan fingerprint density at radius 1 is 1.43 bits per heavy atom. The Bertz CT molecular complexity index is 325. The highest BCUT2D eigenvalue weighted by Gasteiger charge is 2.34. The van der Waals surface area contributed by atoms with Crippen molar-refractivity contribution in [2.24, 2.45) is 0 Å². The van der Waals surface area contributed by atoms with Crippen molar-refractivity contribution < 1.29 is 5.11 Å². The molecule has 3 heteroatoms. The molecule has 0 bridgehead atoms. The van der Waals surface area contributed by atoms with E-state index >= 15 is 0 Å². The Balaban J connectivity index is 2.26. The summed E-state index contributed by atoms with van der Waals surface area (Å²) in [4.78, 5) is 0. The summed E-state index contributed by atoms with van der Waals surface area (Å²) in [5.41, 5.74) is 1.07. The number of halogens is 1. The van der Waals surface area contributed by atoms with Crippen LogP contribution in [0.5, 0.6) is 0 Å². The van der Waals surface area contributed by atoms with Crippen molar-refractivity contribution in [1.29, 1.82) is 0 Å². The fourth-order valence-electron chi connectivity index (χ4n) is 2.00. The minimum Gasteiger partial charge on any atom is -0.392 e. The molecular formula is C11H14ClNO. The predicted molar refractivity (Wildman–Crippen MR) is 57.4 cm³/mol. The van der Waals surface area contributed by atoms with Crippen molar-refractivity contribution >= 4 is 11.6 Å². The second-order valence-electron chi connectivity index (χ2n) is 4.08. The van der Waals surface area contributed by atoms with E-state index in [0.717, 1.165) is 11.4 Å². The van der Waals surface area contributed by atoms with E-state index in [9.17, 15) is 5.11 Å². The predicted octanol–water partition coefficient (Wildman–Crippen LogP) is 1.91. The summed E-state index contributed by atoms with van der Waals surface area (Å²) in [6.45, 7) is 2.77. The lowest BCUT2D eigenvalue weighted by atomic mass is 9.90. The van der Waals surface area contributed by atoms with E-state index < -0.39 is 0 Å². The molecule has 0 aromatic heterocycles. The summed E-state index contributed by atoms with van der Waals surface area (Å²) in [7, 11) is 0. The third-order valence-corrected chi connectivity index (χ3v) is 3.11. The topological polar surface area (TPSA) is 32.3 Å². The average molecular weight is 212 g/mol. The van der Waals surface area contributed by atoms with Gasteiger partial charge in [0.15, 0.2) is 0 Å². The molecule has 2 rings (SSSR count). The molecule has 76 valence electrons. The maximum absolute atomic E-state index is 9.49. The summed E-state index contributed by atoms with van der Waals surface area (Å²) >= 11 is 5.82. The Hall–Kier alpha value is -0.570. The number of nitrogens with one attached hydrogen (secondary N) is 1. The van der Waals surface area contributed by atoms with Crippen LogP contribution in [0.1, 0.15) is 18.9 Å². The highest BCUT2D eigenvalue weighted by molar-refractivity contribution is 6.30. The van der Waals surface area contributed by atoms with Crippen LogP contribution in [0.3, 0.4) is 0 Å². The number of rotatable bonds is 1. The smallest absolute Gasteiger partial charge is 0.0685 e. The average Bonchev–Trinajstić information content (AvgIpc) is 2.48. The van der Waals surface area contributed by atoms with Crippen molar-refractivity contribution in [3.8, 4) is 0 Å². The summed E-state index contributed by atoms with van der Waals surface area (Å²) < 4.78 is 0. The van der Waals surface area contributed by atoms with Gasteiger partial charge in [-0.25, -0.2) is 0 Å². The maximum Gasteiger partial charge on any atom is 0.0685 e. The molecule has 2 unspecified atom stereocenters. The largest absolute Gasteiger partial charge is 0.392 e. The van der Waals surface area contributed by atoms with Crippen molar-refractivity contribution in [3.63, 3.8) is 0 Å². The second-order valence-corrected chi connectivity index (χ2v) is 4.51. The lowest BCUT2D eigenvalue weighted by molar-refractivity contribution is 0.186. The van der Waals surface area contributed by atoms with Crippen molar-refractivity contribution in [1.82, 2.24) is 5.32 Å². The molecule has 1 fully saturated rings. The van der Waals surface area contributed by atoms with E-state index in [0.29, 0.717) is 6.54 Å². The van der Waals surface area contributed by atoms with Crippen LogP contribution in [0, 0.1) is 0 Å². The zero-order valence-electron chi connectivity index (χ0n) is 8.13. The number of hydrogen-bond acceptors (Lipinski definition) is 2. The van der Waals surface area contributed by atoms with Crippen LogP contribution in [-0.4, -0.2) is 17.8 Å². The monoisotopic (exact) mass is 211 g/mol. The van der Waals surface area contributed by atoms with Crippen LogP contribution >= 0.6 is 11.6 Å². The molecule has 1 saturated heterocycles. The van der Waals surface area contributed by atoms with Crippen LogP contribution < -0.4 is 5.32 Å². The molecule has 1 aromatic rings. The van der Waals surface area contributed by atoms with E-state index in [4.69, 9.17) is 11.6 Å². The molecule has 0 saturated carbocycles. The molecule has 0 aliphatic carbocycles. The third kappa shape index (κ3) is 1.78. The van der Waals surface area contributed by atoms with E-state index in [2.05, 4.69) is 12.2 Å². The van der Waals surface area contributed by atoms with Gasteiger partial charge < -0.3 is 10.4 Å². The first-order valence-electron chi connectivity index (χ1n) is 4.79. The number of aliphatic hydroxyl groups is 1. The number of benzene rings is 1. The lowest BCUT2D eigenvalue weighted by Crippen LogP contribution is -2.32. The second kappa shape index (κ2) is 3.54. The Kier molecular flexibility index (Phi) is 2.52. The Morgan fingerprint density at radius 3 is 2.57 bits per heavy atom. The normalized spacial score (nSPS) is 32.1. The van der Waals surface area contributed by atoms with Gasteiger partial charge in [0.2, 0.25) is 0 Å². The minimum absolute atomic E-state index is 0.107. The summed E-state index contributed by atoms with van der Waals surface area (Å²) in [5.74, 6) is 0. The van der Waals surface area contributed by atoms with Gasteiger partial charge in [0, 0.05) is 17.1 Å². The zero-order chi connectivity index (χ0) is 10.2. The number of β-amino-alcohol motifs (C(OH)–C–C–N with tert-alkyl or cyclic N) is 1. The lowest BCUT2D eigenvalue weighted by Gasteiger charge is -2.24. The van der Waals surface area contributed by atoms with E-state index in [1.165, 1.54) is 5.56 Å². The van der Waals surface area contributed by atoms with Crippen molar-refractivity contribution in [3.05, 3.63) is 34.9 Å². The van der Waals surface area contributed by atoms with Gasteiger partial charge in [-0.15, -0.1) is 0 Å². The number of aliphatic hydroxyl groups excluding tert-OH is 1. The summed E-state index contributed by atoms with van der Waals surface area (Å²) in [5, 5.41) is 13.6. The fraction of sp³-hybridized carbons (Fsp3) is 0.455. The van der Waals surface area contributed by atoms with Crippen LogP contribution in [0.4, 0.5) is 0 Å². The molecule has 2 atom stereocenters. The van der Waals surface area contributed by atoms with Gasteiger partial charge in [-0.1, -0.05) is 23.7 Å². The van der Waals surface area contributed by atoms with Gasteiger partial charge in [0.1, 0.15) is 0 Å². The van der Waals surface area contributed by atoms with E-state index in [-0.39, 0.29) is 11.6 Å². The Morgan fingerprint density at radius 2 is 2.07 bits per heavy atom. The third-order valence-electron chi connectivity index (χ3n) is 2.85. The minimum atomic E-state index is -0.240. The van der Waals surface area contributed by atoms with Crippen LogP contribution in [-0.2, 0) is 5.54 Å². The van der Waals surface area contributed by atoms with Gasteiger partial charge >= 0.3 is 0 Å². The highest BCUT2D eigenvalue weighted by Crippen LogP contribution is 2.30. The molecule has 14 heavy (non-hydrogen) atoms. The quantitative estimate of drug-likeness (QED) is 0.744. The molecule has 1 aromatic carbocycles. The molecule has 1 heterocycles. The molecule has 0 amide bonds.